The van der Waals surface area contributed by atoms with E-state index in [2.05, 4.69) is 10.9 Å². The summed E-state index contributed by atoms with van der Waals surface area (Å²) in [7, 11) is 1.79. The summed E-state index contributed by atoms with van der Waals surface area (Å²) < 4.78 is 0. The Labute approximate surface area is 71.0 Å². The number of hydrogen-bond donors (Lipinski definition) is 2. The summed E-state index contributed by atoms with van der Waals surface area (Å²) >= 11 is 0. The summed E-state index contributed by atoms with van der Waals surface area (Å²) in [6.07, 6.45) is 0. The van der Waals surface area contributed by atoms with Crippen molar-refractivity contribution < 1.29 is 10.1 Å². The van der Waals surface area contributed by atoms with E-state index in [1.807, 2.05) is 25.1 Å². The molecule has 4 nitrogen and oxygen atoms in total. The summed E-state index contributed by atoms with van der Waals surface area (Å²) in [6, 6.07) is 5.94. The van der Waals surface area contributed by atoms with Crippen LogP contribution in [0.5, 0.6) is 5.75 Å². The first-order chi connectivity index (χ1) is 5.79. The largest absolute Gasteiger partial charge is 0.419 e. The van der Waals surface area contributed by atoms with E-state index in [0.29, 0.717) is 5.28 Å². The molecule has 2 rings (SSSR count). The molecule has 1 aromatic carbocycles. The third-order valence-electron chi connectivity index (χ3n) is 1.76. The Balaban J connectivity index is 2.30. The van der Waals surface area contributed by atoms with Gasteiger partial charge in [0.25, 0.3) is 0 Å². The highest BCUT2D eigenvalue weighted by molar-refractivity contribution is 5.60. The zero-order chi connectivity index (χ0) is 8.55. The molecular formula is C8H11N3O. The highest BCUT2D eigenvalue weighted by atomic mass is 16.8. The summed E-state index contributed by atoms with van der Waals surface area (Å²) in [5.41, 5.74) is 9.17. The lowest BCUT2D eigenvalue weighted by Gasteiger charge is -2.16. The molecule has 0 amide bonds. The molecule has 0 saturated heterocycles. The third kappa shape index (κ3) is 1.11. The average molecular weight is 165 g/mol. The number of nitrogens with zero attached hydrogens (tertiary/aromatic N) is 1. The molecule has 0 fully saturated rings. The van der Waals surface area contributed by atoms with Crippen molar-refractivity contribution in [3.05, 3.63) is 29.2 Å². The molecule has 0 bridgehead atoms. The fourth-order valence-corrected chi connectivity index (χ4v) is 1.14. The average Bonchev–Trinajstić information content (AvgIpc) is 2.46. The van der Waals surface area contributed by atoms with Gasteiger partial charge in [0.2, 0.25) is 0 Å². The summed E-state index contributed by atoms with van der Waals surface area (Å²) in [5.74, 6) is 0.824. The zero-order valence-corrected chi connectivity index (χ0v) is 7.09. The van der Waals surface area contributed by atoms with Crippen molar-refractivity contribution in [3.8, 4) is 5.75 Å². The lowest BCUT2D eigenvalue weighted by atomic mass is 10.2. The first-order valence-corrected chi connectivity index (χ1v) is 3.84. The van der Waals surface area contributed by atoms with Crippen LogP contribution in [0.4, 0.5) is 5.69 Å². The van der Waals surface area contributed by atoms with Gasteiger partial charge in [-0.2, -0.15) is 0 Å². The van der Waals surface area contributed by atoms with Crippen molar-refractivity contribution in [2.75, 3.05) is 7.05 Å². The van der Waals surface area contributed by atoms with Crippen LogP contribution in [-0.2, 0) is 0 Å². The number of rotatable bonds is 1. The second-order valence-corrected chi connectivity index (χ2v) is 2.74. The van der Waals surface area contributed by atoms with Crippen molar-refractivity contribution in [1.82, 2.24) is 5.43 Å². The second-order valence-electron chi connectivity index (χ2n) is 2.74. The number of quaternary nitrogens is 1. The normalized spacial score (nSPS) is 19.7. The van der Waals surface area contributed by atoms with Gasteiger partial charge < -0.3 is 10.3 Å². The van der Waals surface area contributed by atoms with Gasteiger partial charge in [-0.15, -0.1) is 10.7 Å². The van der Waals surface area contributed by atoms with E-state index in [1.165, 1.54) is 5.56 Å². The molecule has 1 aromatic rings. The molecule has 2 N–H and O–H groups in total. The van der Waals surface area contributed by atoms with Crippen LogP contribution in [-0.4, -0.2) is 7.05 Å². The molecular weight excluding hydrogens is 154 g/mol. The van der Waals surface area contributed by atoms with E-state index in [4.69, 9.17) is 4.84 Å². The predicted molar refractivity (Wildman–Crippen MR) is 44.8 cm³/mol. The van der Waals surface area contributed by atoms with Crippen LogP contribution < -0.4 is 15.5 Å². The lowest BCUT2D eigenvalue weighted by Crippen LogP contribution is -3.14. The zero-order valence-electron chi connectivity index (χ0n) is 7.09. The van der Waals surface area contributed by atoms with Gasteiger partial charge in [-0.1, -0.05) is 17.7 Å². The molecule has 1 heterocycles. The Morgan fingerprint density at radius 3 is 3.08 bits per heavy atom. The summed E-state index contributed by atoms with van der Waals surface area (Å²) in [5, 5.41) is 0.565. The smallest absolute Gasteiger partial charge is 0.181 e. The molecule has 1 aliphatic heterocycles. The maximum atomic E-state index is 5.35. The molecule has 12 heavy (non-hydrogen) atoms. The minimum atomic E-state index is 0.565. The molecule has 4 heteroatoms. The molecule has 1 unspecified atom stereocenters. The molecule has 0 aliphatic carbocycles. The van der Waals surface area contributed by atoms with Crippen molar-refractivity contribution in [1.29, 1.82) is 0 Å². The van der Waals surface area contributed by atoms with E-state index in [9.17, 15) is 0 Å². The van der Waals surface area contributed by atoms with E-state index < -0.39 is 0 Å². The van der Waals surface area contributed by atoms with Gasteiger partial charge in [0.1, 0.15) is 0 Å². The van der Waals surface area contributed by atoms with Crippen molar-refractivity contribution in [2.45, 2.75) is 6.92 Å². The maximum absolute atomic E-state index is 5.35. The highest BCUT2D eigenvalue weighted by Gasteiger charge is 2.12. The molecule has 0 saturated carbocycles. The van der Waals surface area contributed by atoms with Gasteiger partial charge in [-0.05, 0) is 18.7 Å². The summed E-state index contributed by atoms with van der Waals surface area (Å²) in [6.45, 7) is 2.03. The maximum Gasteiger partial charge on any atom is 0.181 e. The Kier molecular flexibility index (Phi) is 1.64. The summed E-state index contributed by atoms with van der Waals surface area (Å²) in [4.78, 5) is 5.35. The number of fused-ring (bicyclic) bond motifs is 1. The van der Waals surface area contributed by atoms with Crippen LogP contribution in [0.25, 0.3) is 5.43 Å². The van der Waals surface area contributed by atoms with E-state index in [-0.39, 0.29) is 0 Å². The van der Waals surface area contributed by atoms with Crippen LogP contribution in [0.2, 0.25) is 0 Å². The second kappa shape index (κ2) is 2.66. The Morgan fingerprint density at radius 2 is 2.33 bits per heavy atom. The fourth-order valence-electron chi connectivity index (χ4n) is 1.14. The van der Waals surface area contributed by atoms with Crippen molar-refractivity contribution >= 4 is 5.69 Å². The van der Waals surface area contributed by atoms with Gasteiger partial charge >= 0.3 is 0 Å². The molecule has 0 radical (unpaired) electrons. The minimum Gasteiger partial charge on any atom is -0.419 e. The molecule has 1 aliphatic rings. The van der Waals surface area contributed by atoms with Gasteiger partial charge in [0.15, 0.2) is 5.75 Å². The Morgan fingerprint density at radius 1 is 1.50 bits per heavy atom. The van der Waals surface area contributed by atoms with Crippen LogP contribution in [0.3, 0.4) is 0 Å². The number of hydrogen-bond acceptors (Lipinski definition) is 2. The molecule has 64 valence electrons. The van der Waals surface area contributed by atoms with Gasteiger partial charge in [0, 0.05) is 7.05 Å². The van der Waals surface area contributed by atoms with E-state index >= 15 is 0 Å². The van der Waals surface area contributed by atoms with E-state index in [1.54, 1.807) is 7.05 Å². The van der Waals surface area contributed by atoms with Gasteiger partial charge in [-0.25, -0.2) is 0 Å². The fraction of sp³-hybridized carbons (Fsp3) is 0.250. The predicted octanol–water partition coefficient (Wildman–Crippen LogP) is 0.242. The molecule has 1 atom stereocenters. The quantitative estimate of drug-likeness (QED) is 0.626. The standard InChI is InChI=1S/C8H11N3O/c1-6-3-4-8-7(5-6)10-11(9-2)12-8/h3-5,9,11H,1-2H3. The first kappa shape index (κ1) is 7.39. The number of nitrogens with one attached hydrogen (secondary N) is 2. The van der Waals surface area contributed by atoms with Crippen molar-refractivity contribution in [3.63, 3.8) is 0 Å². The topological polar surface area (TPSA) is 39.8 Å². The van der Waals surface area contributed by atoms with E-state index in [0.717, 1.165) is 11.4 Å². The minimum absolute atomic E-state index is 0.565. The van der Waals surface area contributed by atoms with Gasteiger partial charge in [0.05, 0.1) is 0 Å². The molecule has 0 aromatic heterocycles. The Bertz CT molecular complexity index is 300. The molecule has 0 spiro atoms. The first-order valence-electron chi connectivity index (χ1n) is 3.84. The number of benzene rings is 1. The van der Waals surface area contributed by atoms with Crippen LogP contribution >= 0.6 is 0 Å². The monoisotopic (exact) mass is 165 g/mol. The third-order valence-corrected chi connectivity index (χ3v) is 1.76. The highest BCUT2D eigenvalue weighted by Crippen LogP contribution is 2.31. The SMILES string of the molecule is CN[NH+]1[N-]c2cc(C)ccc2O1. The number of aryl methyl sites for hydroxylation is 1. The van der Waals surface area contributed by atoms with Crippen molar-refractivity contribution in [2.24, 2.45) is 0 Å². The van der Waals surface area contributed by atoms with Crippen LogP contribution in [0, 0.1) is 6.92 Å². The Hall–Kier alpha value is -1.26. The van der Waals surface area contributed by atoms with Crippen LogP contribution in [0.15, 0.2) is 18.2 Å². The van der Waals surface area contributed by atoms with Gasteiger partial charge in [-0.3, -0.25) is 0 Å². The lowest BCUT2D eigenvalue weighted by molar-refractivity contribution is -1.06. The van der Waals surface area contributed by atoms with Crippen LogP contribution in [0.1, 0.15) is 5.56 Å².